The summed E-state index contributed by atoms with van der Waals surface area (Å²) in [6.07, 6.45) is 0.158. The lowest BCUT2D eigenvalue weighted by molar-refractivity contribution is -0.144. The van der Waals surface area contributed by atoms with Gasteiger partial charge in [0.25, 0.3) is 0 Å². The molecule has 0 bridgehead atoms. The molecule has 24 heavy (non-hydrogen) atoms. The highest BCUT2D eigenvalue weighted by Crippen LogP contribution is 2.36. The predicted molar refractivity (Wildman–Crippen MR) is 94.5 cm³/mol. The number of esters is 1. The van der Waals surface area contributed by atoms with E-state index >= 15 is 0 Å². The lowest BCUT2D eigenvalue weighted by Crippen LogP contribution is -2.08. The molecule has 1 N–H and O–H groups in total. The molecule has 0 aliphatic carbocycles. The molecule has 0 fully saturated rings. The van der Waals surface area contributed by atoms with Gasteiger partial charge in [-0.1, -0.05) is 41.9 Å². The molecule has 0 unspecified atom stereocenters. The molecule has 2 aromatic carbocycles. The first-order chi connectivity index (χ1) is 11.6. The summed E-state index contributed by atoms with van der Waals surface area (Å²) in [5.41, 5.74) is 3.58. The van der Waals surface area contributed by atoms with Crippen molar-refractivity contribution in [3.05, 3.63) is 64.3 Å². The van der Waals surface area contributed by atoms with Crippen molar-refractivity contribution in [3.8, 4) is 5.75 Å². The highest BCUT2D eigenvalue weighted by molar-refractivity contribution is 6.37. The molecule has 3 rings (SSSR count). The van der Waals surface area contributed by atoms with Gasteiger partial charge in [-0.05, 0) is 30.2 Å². The zero-order valence-corrected chi connectivity index (χ0v) is 14.3. The normalized spacial score (nSPS) is 10.8. The summed E-state index contributed by atoms with van der Waals surface area (Å²) in [7, 11) is 1.57. The molecule has 0 saturated heterocycles. The summed E-state index contributed by atoms with van der Waals surface area (Å²) in [5, 5.41) is 1.32. The first-order valence-electron chi connectivity index (χ1n) is 7.63. The van der Waals surface area contributed by atoms with Gasteiger partial charge in [0, 0.05) is 16.6 Å². The third-order valence-electron chi connectivity index (χ3n) is 3.97. The van der Waals surface area contributed by atoms with E-state index < -0.39 is 0 Å². The Balaban J connectivity index is 1.81. The van der Waals surface area contributed by atoms with E-state index in [0.717, 1.165) is 27.7 Å². The van der Waals surface area contributed by atoms with Gasteiger partial charge in [0.2, 0.25) is 0 Å². The first kappa shape index (κ1) is 16.4. The number of fused-ring (bicyclic) bond motifs is 1. The van der Waals surface area contributed by atoms with Crippen LogP contribution in [0.3, 0.4) is 0 Å². The van der Waals surface area contributed by atoms with Gasteiger partial charge in [-0.15, -0.1) is 0 Å². The van der Waals surface area contributed by atoms with Gasteiger partial charge in [-0.3, -0.25) is 4.79 Å². The Labute approximate surface area is 145 Å². The molecule has 3 aromatic rings. The number of aryl methyl sites for hydroxylation is 1. The lowest BCUT2D eigenvalue weighted by Gasteiger charge is -2.07. The number of rotatable bonds is 5. The van der Waals surface area contributed by atoms with Crippen LogP contribution in [0.5, 0.6) is 5.75 Å². The summed E-state index contributed by atoms with van der Waals surface area (Å²) < 4.78 is 10.6. The van der Waals surface area contributed by atoms with Gasteiger partial charge >= 0.3 is 5.97 Å². The topological polar surface area (TPSA) is 51.3 Å². The number of aromatic nitrogens is 1. The number of hydrogen-bond donors (Lipinski definition) is 1. The fourth-order valence-electron chi connectivity index (χ4n) is 2.73. The van der Waals surface area contributed by atoms with Crippen LogP contribution in [0.4, 0.5) is 0 Å². The highest BCUT2D eigenvalue weighted by Gasteiger charge is 2.18. The zero-order chi connectivity index (χ0) is 17.1. The molecule has 0 aliphatic rings. The molecular weight excluding hydrogens is 326 g/mol. The van der Waals surface area contributed by atoms with Crippen LogP contribution in [0.2, 0.25) is 5.02 Å². The fourth-order valence-corrected chi connectivity index (χ4v) is 3.09. The molecule has 0 amide bonds. The highest BCUT2D eigenvalue weighted by atomic mass is 35.5. The number of H-pyrrole nitrogens is 1. The van der Waals surface area contributed by atoms with Crippen molar-refractivity contribution in [2.45, 2.75) is 20.0 Å². The molecule has 1 aromatic heterocycles. The molecule has 5 heteroatoms. The second-order valence-corrected chi connectivity index (χ2v) is 5.93. The number of ether oxygens (including phenoxy) is 2. The average Bonchev–Trinajstić information content (AvgIpc) is 2.91. The smallest absolute Gasteiger partial charge is 0.310 e. The molecule has 0 atom stereocenters. The lowest BCUT2D eigenvalue weighted by atomic mass is 10.1. The Morgan fingerprint density at radius 1 is 1.17 bits per heavy atom. The minimum Gasteiger partial charge on any atom is -0.495 e. The second kappa shape index (κ2) is 6.97. The molecule has 124 valence electrons. The summed E-state index contributed by atoms with van der Waals surface area (Å²) in [6.45, 7) is 2.18. The minimum absolute atomic E-state index is 0.158. The standard InChI is InChI=1S/C19H18ClNO3/c1-12-14(10-17(22)24-11-13-6-4-3-5-7-13)18-15(21-12)8-9-16(23-2)19(18)20/h3-9,21H,10-11H2,1-2H3. The Kier molecular flexibility index (Phi) is 4.76. The maximum atomic E-state index is 12.2. The van der Waals surface area contributed by atoms with E-state index in [9.17, 15) is 4.79 Å². The Morgan fingerprint density at radius 2 is 1.92 bits per heavy atom. The Morgan fingerprint density at radius 3 is 2.62 bits per heavy atom. The summed E-state index contributed by atoms with van der Waals surface area (Å²) in [5.74, 6) is 0.295. The molecule has 0 spiro atoms. The summed E-state index contributed by atoms with van der Waals surface area (Å²) in [6, 6.07) is 13.3. The Bertz CT molecular complexity index is 871. The van der Waals surface area contributed by atoms with Gasteiger partial charge in [0.05, 0.1) is 18.6 Å². The zero-order valence-electron chi connectivity index (χ0n) is 13.6. The van der Waals surface area contributed by atoms with Gasteiger partial charge in [0.1, 0.15) is 12.4 Å². The van der Waals surface area contributed by atoms with E-state index in [2.05, 4.69) is 4.98 Å². The molecule has 4 nitrogen and oxygen atoms in total. The van der Waals surface area contributed by atoms with E-state index in [1.54, 1.807) is 13.2 Å². The number of carbonyl (C=O) groups is 1. The minimum atomic E-state index is -0.290. The van der Waals surface area contributed by atoms with E-state index in [-0.39, 0.29) is 19.0 Å². The van der Waals surface area contributed by atoms with Crippen LogP contribution >= 0.6 is 11.6 Å². The number of aromatic amines is 1. The van der Waals surface area contributed by atoms with Crippen molar-refractivity contribution in [1.82, 2.24) is 4.98 Å². The monoisotopic (exact) mass is 343 g/mol. The SMILES string of the molecule is COc1ccc2[nH]c(C)c(CC(=O)OCc3ccccc3)c2c1Cl. The van der Waals surface area contributed by atoms with E-state index in [4.69, 9.17) is 21.1 Å². The largest absolute Gasteiger partial charge is 0.495 e. The van der Waals surface area contributed by atoms with Crippen LogP contribution in [0.25, 0.3) is 10.9 Å². The van der Waals surface area contributed by atoms with E-state index in [1.165, 1.54) is 0 Å². The number of halogens is 1. The summed E-state index contributed by atoms with van der Waals surface area (Å²) >= 11 is 6.42. The number of nitrogens with one attached hydrogen (secondary N) is 1. The van der Waals surface area contributed by atoms with Crippen molar-refractivity contribution in [2.75, 3.05) is 7.11 Å². The maximum Gasteiger partial charge on any atom is 0.310 e. The van der Waals surface area contributed by atoms with Gasteiger partial charge in [-0.25, -0.2) is 0 Å². The van der Waals surface area contributed by atoms with Crippen LogP contribution in [-0.4, -0.2) is 18.1 Å². The van der Waals surface area contributed by atoms with E-state index in [0.29, 0.717) is 10.8 Å². The average molecular weight is 344 g/mol. The van der Waals surface area contributed by atoms with Crippen LogP contribution in [0.1, 0.15) is 16.8 Å². The number of hydrogen-bond acceptors (Lipinski definition) is 3. The summed E-state index contributed by atoms with van der Waals surface area (Å²) in [4.78, 5) is 15.5. The van der Waals surface area contributed by atoms with Crippen molar-refractivity contribution in [2.24, 2.45) is 0 Å². The van der Waals surface area contributed by atoms with Crippen molar-refractivity contribution in [1.29, 1.82) is 0 Å². The number of methoxy groups -OCH3 is 1. The third kappa shape index (κ3) is 3.24. The quantitative estimate of drug-likeness (QED) is 0.697. The first-order valence-corrected chi connectivity index (χ1v) is 8.01. The van der Waals surface area contributed by atoms with Gasteiger partial charge < -0.3 is 14.5 Å². The molecule has 0 aliphatic heterocycles. The maximum absolute atomic E-state index is 12.2. The Hall–Kier alpha value is -2.46. The molecule has 0 saturated carbocycles. The van der Waals surface area contributed by atoms with Crippen molar-refractivity contribution < 1.29 is 14.3 Å². The molecular formula is C19H18ClNO3. The molecule has 0 radical (unpaired) electrons. The third-order valence-corrected chi connectivity index (χ3v) is 4.34. The van der Waals surface area contributed by atoms with Gasteiger partial charge in [-0.2, -0.15) is 0 Å². The van der Waals surface area contributed by atoms with Crippen LogP contribution in [-0.2, 0) is 22.6 Å². The second-order valence-electron chi connectivity index (χ2n) is 5.56. The number of benzene rings is 2. The number of carbonyl (C=O) groups excluding carboxylic acids is 1. The van der Waals surface area contributed by atoms with E-state index in [1.807, 2.05) is 43.3 Å². The van der Waals surface area contributed by atoms with Crippen LogP contribution in [0.15, 0.2) is 42.5 Å². The van der Waals surface area contributed by atoms with Crippen LogP contribution in [0, 0.1) is 6.92 Å². The predicted octanol–water partition coefficient (Wildman–Crippen LogP) is 4.42. The van der Waals surface area contributed by atoms with Crippen molar-refractivity contribution >= 4 is 28.5 Å². The van der Waals surface area contributed by atoms with Crippen molar-refractivity contribution in [3.63, 3.8) is 0 Å². The van der Waals surface area contributed by atoms with Gasteiger partial charge in [0.15, 0.2) is 0 Å². The van der Waals surface area contributed by atoms with Crippen LogP contribution < -0.4 is 4.74 Å². The molecule has 1 heterocycles. The fraction of sp³-hybridized carbons (Fsp3) is 0.211.